The predicted molar refractivity (Wildman–Crippen MR) is 73.8 cm³/mol. The lowest BCUT2D eigenvalue weighted by Gasteiger charge is -2.08. The summed E-state index contributed by atoms with van der Waals surface area (Å²) < 4.78 is 52.4. The van der Waals surface area contributed by atoms with E-state index in [0.29, 0.717) is 25.4 Å². The number of alkyl halides is 2. The molecule has 1 rings (SSSR count). The van der Waals surface area contributed by atoms with Gasteiger partial charge in [0.1, 0.15) is 0 Å². The number of rotatable bonds is 9. The van der Waals surface area contributed by atoms with Crippen molar-refractivity contribution in [2.45, 2.75) is 30.4 Å². The molecule has 0 unspecified atom stereocenters. The van der Waals surface area contributed by atoms with E-state index in [-0.39, 0.29) is 4.90 Å². The number of unbranched alkanes of at least 4 members (excludes halogenated alkanes) is 1. The van der Waals surface area contributed by atoms with Crippen LogP contribution in [0.1, 0.15) is 19.8 Å². The summed E-state index contributed by atoms with van der Waals surface area (Å²) in [5, 5.41) is 3.02. The van der Waals surface area contributed by atoms with Gasteiger partial charge in [0.15, 0.2) is 0 Å². The first-order chi connectivity index (χ1) is 9.48. The van der Waals surface area contributed by atoms with Gasteiger partial charge >= 0.3 is 5.76 Å². The Morgan fingerprint density at radius 3 is 2.40 bits per heavy atom. The molecule has 1 N–H and O–H groups in total. The molecule has 0 aliphatic carbocycles. The van der Waals surface area contributed by atoms with E-state index in [0.717, 1.165) is 12.8 Å². The molecule has 20 heavy (non-hydrogen) atoms. The van der Waals surface area contributed by atoms with Crippen LogP contribution in [-0.4, -0.2) is 33.9 Å². The summed E-state index contributed by atoms with van der Waals surface area (Å²) >= 11 is 0. The summed E-state index contributed by atoms with van der Waals surface area (Å²) in [7, 11) is -4.51. The largest absolute Gasteiger partial charge is 0.383 e. The molecule has 0 aliphatic heterocycles. The minimum atomic E-state index is -4.51. The van der Waals surface area contributed by atoms with Crippen molar-refractivity contribution in [3.63, 3.8) is 0 Å². The summed E-state index contributed by atoms with van der Waals surface area (Å²) in [4.78, 5) is -0.378. The smallest absolute Gasteiger partial charge is 0.341 e. The summed E-state index contributed by atoms with van der Waals surface area (Å²) in [5.74, 6) is -3.40. The Morgan fingerprint density at radius 1 is 1.20 bits per heavy atom. The Morgan fingerprint density at radius 2 is 1.85 bits per heavy atom. The van der Waals surface area contributed by atoms with Crippen molar-refractivity contribution >= 4 is 15.5 Å². The zero-order chi connectivity index (χ0) is 15.0. The van der Waals surface area contributed by atoms with Gasteiger partial charge in [-0.05, 0) is 30.7 Å². The van der Waals surface area contributed by atoms with Crippen molar-refractivity contribution in [2.24, 2.45) is 0 Å². The van der Waals surface area contributed by atoms with E-state index >= 15 is 0 Å². The summed E-state index contributed by atoms with van der Waals surface area (Å²) in [6.45, 7) is 3.90. The molecule has 0 heterocycles. The number of hydrogen-bond acceptors (Lipinski definition) is 4. The minimum absolute atomic E-state index is 0.378. The van der Waals surface area contributed by atoms with Crippen LogP contribution in [-0.2, 0) is 14.6 Å². The molecule has 4 nitrogen and oxygen atoms in total. The molecule has 0 spiro atoms. The molecule has 0 radical (unpaired) electrons. The van der Waals surface area contributed by atoms with Crippen LogP contribution in [0.3, 0.4) is 0 Å². The normalized spacial score (nSPS) is 11.8. The van der Waals surface area contributed by atoms with Crippen molar-refractivity contribution < 1.29 is 21.9 Å². The number of sulfone groups is 1. The van der Waals surface area contributed by atoms with E-state index in [1.165, 1.54) is 24.3 Å². The topological polar surface area (TPSA) is 55.4 Å². The molecular formula is C13H19F2NO3S. The van der Waals surface area contributed by atoms with Gasteiger partial charge in [0.2, 0.25) is 9.84 Å². The van der Waals surface area contributed by atoms with Crippen molar-refractivity contribution in [3.05, 3.63) is 24.3 Å². The molecule has 0 amide bonds. The quantitative estimate of drug-likeness (QED) is 0.713. The molecule has 0 fully saturated rings. The second-order valence-electron chi connectivity index (χ2n) is 4.22. The van der Waals surface area contributed by atoms with Gasteiger partial charge in [-0.1, -0.05) is 13.3 Å². The summed E-state index contributed by atoms with van der Waals surface area (Å²) in [5.41, 5.74) is 0.664. The Labute approximate surface area is 118 Å². The molecule has 1 aromatic carbocycles. The van der Waals surface area contributed by atoms with Gasteiger partial charge in [-0.25, -0.2) is 8.42 Å². The molecule has 0 saturated carbocycles. The second kappa shape index (κ2) is 8.16. The lowest BCUT2D eigenvalue weighted by Crippen LogP contribution is -2.12. The lowest BCUT2D eigenvalue weighted by molar-refractivity contribution is 0.141. The third-order valence-electron chi connectivity index (χ3n) is 2.64. The van der Waals surface area contributed by atoms with Gasteiger partial charge in [0, 0.05) is 18.8 Å². The van der Waals surface area contributed by atoms with Gasteiger partial charge in [0.05, 0.1) is 11.5 Å². The molecule has 0 aliphatic rings. The maximum absolute atomic E-state index is 12.3. The van der Waals surface area contributed by atoms with Crippen LogP contribution in [0.2, 0.25) is 0 Å². The summed E-state index contributed by atoms with van der Waals surface area (Å²) in [6, 6.07) is 5.26. The zero-order valence-electron chi connectivity index (χ0n) is 11.3. The molecule has 0 aromatic heterocycles. The molecule has 0 saturated heterocycles. The van der Waals surface area contributed by atoms with Crippen molar-refractivity contribution in [1.29, 1.82) is 0 Å². The SMILES string of the molecule is CCCCOCCNc1ccc(S(=O)(=O)C(F)F)cc1. The van der Waals surface area contributed by atoms with E-state index in [2.05, 4.69) is 12.2 Å². The van der Waals surface area contributed by atoms with Crippen LogP contribution in [0.15, 0.2) is 29.2 Å². The molecule has 0 bridgehead atoms. The Kier molecular flexibility index (Phi) is 6.87. The number of benzene rings is 1. The molecule has 7 heteroatoms. The van der Waals surface area contributed by atoms with Gasteiger partial charge in [0.25, 0.3) is 0 Å². The Hall–Kier alpha value is -1.21. The van der Waals surface area contributed by atoms with Crippen LogP contribution in [0.25, 0.3) is 0 Å². The van der Waals surface area contributed by atoms with Gasteiger partial charge < -0.3 is 10.1 Å². The number of halogens is 2. The average Bonchev–Trinajstić information content (AvgIpc) is 2.43. The highest BCUT2D eigenvalue weighted by molar-refractivity contribution is 7.91. The van der Waals surface area contributed by atoms with E-state index in [1.807, 2.05) is 0 Å². The third kappa shape index (κ3) is 5.05. The zero-order valence-corrected chi connectivity index (χ0v) is 12.1. The number of nitrogens with one attached hydrogen (secondary N) is 1. The van der Waals surface area contributed by atoms with Crippen LogP contribution in [0.4, 0.5) is 14.5 Å². The number of hydrogen-bond donors (Lipinski definition) is 1. The van der Waals surface area contributed by atoms with E-state index < -0.39 is 15.6 Å². The van der Waals surface area contributed by atoms with Crippen LogP contribution in [0, 0.1) is 0 Å². The first-order valence-corrected chi connectivity index (χ1v) is 7.97. The first-order valence-electron chi connectivity index (χ1n) is 6.42. The number of ether oxygens (including phenoxy) is 1. The molecular weight excluding hydrogens is 288 g/mol. The predicted octanol–water partition coefficient (Wildman–Crippen LogP) is 2.91. The highest BCUT2D eigenvalue weighted by Gasteiger charge is 2.26. The first kappa shape index (κ1) is 16.8. The van der Waals surface area contributed by atoms with Crippen LogP contribution < -0.4 is 5.32 Å². The minimum Gasteiger partial charge on any atom is -0.383 e. The lowest BCUT2D eigenvalue weighted by atomic mass is 10.3. The molecule has 0 atom stereocenters. The van der Waals surface area contributed by atoms with E-state index in [4.69, 9.17) is 4.74 Å². The van der Waals surface area contributed by atoms with E-state index in [1.54, 1.807) is 0 Å². The third-order valence-corrected chi connectivity index (χ3v) is 4.03. The number of anilines is 1. The fraction of sp³-hybridized carbons (Fsp3) is 0.538. The highest BCUT2D eigenvalue weighted by atomic mass is 32.2. The van der Waals surface area contributed by atoms with Crippen molar-refractivity contribution in [1.82, 2.24) is 0 Å². The van der Waals surface area contributed by atoms with Crippen LogP contribution >= 0.6 is 0 Å². The van der Waals surface area contributed by atoms with E-state index in [9.17, 15) is 17.2 Å². The Bertz CT molecular complexity index is 489. The Balaban J connectivity index is 2.44. The second-order valence-corrected chi connectivity index (χ2v) is 6.14. The maximum Gasteiger partial charge on any atom is 0.341 e. The average molecular weight is 307 g/mol. The van der Waals surface area contributed by atoms with Gasteiger partial charge in [-0.2, -0.15) is 8.78 Å². The van der Waals surface area contributed by atoms with Gasteiger partial charge in [-0.15, -0.1) is 0 Å². The van der Waals surface area contributed by atoms with Crippen molar-refractivity contribution in [2.75, 3.05) is 25.1 Å². The molecule has 114 valence electrons. The monoisotopic (exact) mass is 307 g/mol. The maximum atomic E-state index is 12.3. The standard InChI is InChI=1S/C13H19F2NO3S/c1-2-3-9-19-10-8-16-11-4-6-12(7-5-11)20(17,18)13(14)15/h4-7,13,16H,2-3,8-10H2,1H3. The van der Waals surface area contributed by atoms with Crippen LogP contribution in [0.5, 0.6) is 0 Å². The molecule has 1 aromatic rings. The van der Waals surface area contributed by atoms with Crippen molar-refractivity contribution in [3.8, 4) is 0 Å². The van der Waals surface area contributed by atoms with Gasteiger partial charge in [-0.3, -0.25) is 0 Å². The highest BCUT2D eigenvalue weighted by Crippen LogP contribution is 2.20. The summed E-state index contributed by atoms with van der Waals surface area (Å²) in [6.07, 6.45) is 2.09. The fourth-order valence-electron chi connectivity index (χ4n) is 1.48. The fourth-order valence-corrected chi connectivity index (χ4v) is 2.20.